The van der Waals surface area contributed by atoms with Crippen molar-refractivity contribution in [1.82, 2.24) is 0 Å². The van der Waals surface area contributed by atoms with Gasteiger partial charge in [-0.1, -0.05) is 19.4 Å². The molecule has 1 rings (SSSR count). The van der Waals surface area contributed by atoms with Crippen LogP contribution in [0.1, 0.15) is 24.5 Å². The van der Waals surface area contributed by atoms with Crippen LogP contribution in [0.4, 0.5) is 8.78 Å². The van der Waals surface area contributed by atoms with E-state index in [1.807, 2.05) is 13.0 Å². The van der Waals surface area contributed by atoms with E-state index < -0.39 is 6.61 Å². The molecule has 1 aromatic carbocycles. The summed E-state index contributed by atoms with van der Waals surface area (Å²) >= 11 is 0. The van der Waals surface area contributed by atoms with Gasteiger partial charge in [0.05, 0.1) is 0 Å². The SMILES string of the molecule is [CH2]c1cc(CCC)cc(OC(F)F)c1. The average Bonchev–Trinajstić information content (AvgIpc) is 2.01. The van der Waals surface area contributed by atoms with E-state index in [4.69, 9.17) is 0 Å². The number of ether oxygens (including phenoxy) is 1. The van der Waals surface area contributed by atoms with Crippen molar-refractivity contribution in [2.24, 2.45) is 0 Å². The molecule has 0 aliphatic rings. The van der Waals surface area contributed by atoms with Crippen LogP contribution in [0.5, 0.6) is 5.75 Å². The minimum atomic E-state index is -2.77. The number of halogens is 2. The fourth-order valence-corrected chi connectivity index (χ4v) is 1.33. The Balaban J connectivity index is 2.83. The van der Waals surface area contributed by atoms with Gasteiger partial charge in [0.25, 0.3) is 0 Å². The molecule has 0 spiro atoms. The fourth-order valence-electron chi connectivity index (χ4n) is 1.33. The molecule has 0 bridgehead atoms. The van der Waals surface area contributed by atoms with E-state index in [2.05, 4.69) is 11.7 Å². The number of alkyl halides is 2. The van der Waals surface area contributed by atoms with E-state index in [1.54, 1.807) is 6.07 Å². The lowest BCUT2D eigenvalue weighted by molar-refractivity contribution is -0.0498. The van der Waals surface area contributed by atoms with Crippen molar-refractivity contribution in [1.29, 1.82) is 0 Å². The number of rotatable bonds is 4. The molecule has 1 radical (unpaired) electrons. The highest BCUT2D eigenvalue weighted by Gasteiger charge is 2.05. The number of hydrogen-bond acceptors (Lipinski definition) is 1. The minimum Gasteiger partial charge on any atom is -0.435 e. The Morgan fingerprint density at radius 2 is 2.07 bits per heavy atom. The maximum absolute atomic E-state index is 11.9. The van der Waals surface area contributed by atoms with Gasteiger partial charge in [0.2, 0.25) is 0 Å². The average molecular weight is 199 g/mol. The predicted molar refractivity (Wildman–Crippen MR) is 51.5 cm³/mol. The van der Waals surface area contributed by atoms with Crippen LogP contribution < -0.4 is 4.74 Å². The van der Waals surface area contributed by atoms with Gasteiger partial charge >= 0.3 is 6.61 Å². The number of aryl methyl sites for hydroxylation is 1. The summed E-state index contributed by atoms with van der Waals surface area (Å²) in [4.78, 5) is 0. The van der Waals surface area contributed by atoms with Crippen molar-refractivity contribution in [3.63, 3.8) is 0 Å². The van der Waals surface area contributed by atoms with Gasteiger partial charge in [0, 0.05) is 0 Å². The highest BCUT2D eigenvalue weighted by Crippen LogP contribution is 2.19. The molecule has 0 amide bonds. The molecule has 0 saturated carbocycles. The predicted octanol–water partition coefficient (Wildman–Crippen LogP) is 3.42. The molecule has 0 aliphatic heterocycles. The molecule has 1 nitrogen and oxygen atoms in total. The van der Waals surface area contributed by atoms with Gasteiger partial charge in [0.1, 0.15) is 5.75 Å². The Kier molecular flexibility index (Phi) is 3.86. The maximum atomic E-state index is 11.9. The molecule has 0 aromatic heterocycles. The van der Waals surface area contributed by atoms with Crippen LogP contribution in [0.3, 0.4) is 0 Å². The largest absolute Gasteiger partial charge is 0.435 e. The summed E-state index contributed by atoms with van der Waals surface area (Å²) in [7, 11) is 0. The van der Waals surface area contributed by atoms with Crippen LogP contribution in [-0.4, -0.2) is 6.61 Å². The Morgan fingerprint density at radius 3 is 2.64 bits per heavy atom. The zero-order chi connectivity index (χ0) is 10.6. The Morgan fingerprint density at radius 1 is 1.36 bits per heavy atom. The van der Waals surface area contributed by atoms with E-state index in [1.165, 1.54) is 6.07 Å². The van der Waals surface area contributed by atoms with E-state index in [0.29, 0.717) is 5.56 Å². The summed E-state index contributed by atoms with van der Waals surface area (Å²) in [6, 6.07) is 5.01. The lowest BCUT2D eigenvalue weighted by Crippen LogP contribution is -2.02. The summed E-state index contributed by atoms with van der Waals surface area (Å²) in [6.07, 6.45) is 1.82. The second-order valence-electron chi connectivity index (χ2n) is 3.11. The molecule has 0 atom stereocenters. The molecule has 0 unspecified atom stereocenters. The summed E-state index contributed by atoms with van der Waals surface area (Å²) in [5.41, 5.74) is 1.68. The van der Waals surface area contributed by atoms with Gasteiger partial charge < -0.3 is 4.74 Å². The minimum absolute atomic E-state index is 0.191. The van der Waals surface area contributed by atoms with Gasteiger partial charge in [-0.15, -0.1) is 0 Å². The normalized spacial score (nSPS) is 10.6. The monoisotopic (exact) mass is 199 g/mol. The van der Waals surface area contributed by atoms with Gasteiger partial charge in [-0.05, 0) is 36.6 Å². The van der Waals surface area contributed by atoms with E-state index in [0.717, 1.165) is 18.4 Å². The van der Waals surface area contributed by atoms with Crippen molar-refractivity contribution in [2.75, 3.05) is 0 Å². The molecule has 0 fully saturated rings. The smallest absolute Gasteiger partial charge is 0.387 e. The van der Waals surface area contributed by atoms with Crippen LogP contribution >= 0.6 is 0 Å². The molecule has 0 heterocycles. The number of hydrogen-bond donors (Lipinski definition) is 0. The van der Waals surface area contributed by atoms with Crippen LogP contribution in [0.2, 0.25) is 0 Å². The summed E-state index contributed by atoms with van der Waals surface area (Å²) in [5.74, 6) is 0.191. The third-order valence-corrected chi connectivity index (χ3v) is 1.79. The molecule has 1 aromatic rings. The molecule has 3 heteroatoms. The van der Waals surface area contributed by atoms with Gasteiger partial charge in [-0.25, -0.2) is 0 Å². The summed E-state index contributed by atoms with van der Waals surface area (Å²) in [5, 5.41) is 0. The first-order chi connectivity index (χ1) is 6.61. The standard InChI is InChI=1S/C11H13F2O/c1-3-4-9-5-8(2)6-10(7-9)14-11(12)13/h5-7,11H,2-4H2,1H3. The van der Waals surface area contributed by atoms with Crippen molar-refractivity contribution in [3.8, 4) is 5.75 Å². The van der Waals surface area contributed by atoms with Crippen molar-refractivity contribution < 1.29 is 13.5 Å². The molecule has 77 valence electrons. The molecule has 0 N–H and O–H groups in total. The second-order valence-corrected chi connectivity index (χ2v) is 3.11. The third kappa shape index (κ3) is 3.32. The highest BCUT2D eigenvalue weighted by molar-refractivity contribution is 5.35. The zero-order valence-corrected chi connectivity index (χ0v) is 8.09. The molecule has 0 saturated heterocycles. The Bertz CT molecular complexity index is 297. The lowest BCUT2D eigenvalue weighted by atomic mass is 10.1. The van der Waals surface area contributed by atoms with E-state index in [9.17, 15) is 8.78 Å². The summed E-state index contributed by atoms with van der Waals surface area (Å²) < 4.78 is 28.2. The van der Waals surface area contributed by atoms with Crippen LogP contribution in [0, 0.1) is 6.92 Å². The highest BCUT2D eigenvalue weighted by atomic mass is 19.3. The topological polar surface area (TPSA) is 9.23 Å². The molecule has 0 aliphatic carbocycles. The first kappa shape index (κ1) is 11.0. The zero-order valence-electron chi connectivity index (χ0n) is 8.09. The van der Waals surface area contributed by atoms with Crippen LogP contribution in [-0.2, 0) is 6.42 Å². The van der Waals surface area contributed by atoms with Gasteiger partial charge in [-0.2, -0.15) is 8.78 Å². The van der Waals surface area contributed by atoms with Gasteiger partial charge in [0.15, 0.2) is 0 Å². The van der Waals surface area contributed by atoms with Crippen molar-refractivity contribution in [2.45, 2.75) is 26.4 Å². The quantitative estimate of drug-likeness (QED) is 0.721. The molecule has 14 heavy (non-hydrogen) atoms. The van der Waals surface area contributed by atoms with E-state index in [-0.39, 0.29) is 5.75 Å². The van der Waals surface area contributed by atoms with Gasteiger partial charge in [-0.3, -0.25) is 0 Å². The first-order valence-corrected chi connectivity index (χ1v) is 4.52. The maximum Gasteiger partial charge on any atom is 0.387 e. The Labute approximate surface area is 82.7 Å². The third-order valence-electron chi connectivity index (χ3n) is 1.79. The first-order valence-electron chi connectivity index (χ1n) is 4.52. The molecular weight excluding hydrogens is 186 g/mol. The van der Waals surface area contributed by atoms with Crippen molar-refractivity contribution in [3.05, 3.63) is 36.2 Å². The van der Waals surface area contributed by atoms with Crippen LogP contribution in [0.25, 0.3) is 0 Å². The second kappa shape index (κ2) is 4.94. The lowest BCUT2D eigenvalue weighted by Gasteiger charge is -2.07. The Hall–Kier alpha value is -1.12. The summed E-state index contributed by atoms with van der Waals surface area (Å²) in [6.45, 7) is 2.97. The van der Waals surface area contributed by atoms with E-state index >= 15 is 0 Å². The fraction of sp³-hybridized carbons (Fsp3) is 0.364. The molecular formula is C11H13F2O. The van der Waals surface area contributed by atoms with Crippen LogP contribution in [0.15, 0.2) is 18.2 Å². The van der Waals surface area contributed by atoms with Crippen molar-refractivity contribution >= 4 is 0 Å². The number of benzene rings is 1.